The van der Waals surface area contributed by atoms with Gasteiger partial charge in [0.1, 0.15) is 18.0 Å². The molecule has 2 amide bonds. The Morgan fingerprint density at radius 2 is 1.83 bits per heavy atom. The maximum absolute atomic E-state index is 13.1. The summed E-state index contributed by atoms with van der Waals surface area (Å²) in [4.78, 5) is 48.7. The van der Waals surface area contributed by atoms with Gasteiger partial charge in [0.25, 0.3) is 0 Å². The van der Waals surface area contributed by atoms with Crippen molar-refractivity contribution in [3.05, 3.63) is 36.0 Å². The zero-order chi connectivity index (χ0) is 26.8. The number of carbonyl (C=O) groups excluding carboxylic acids is 4. The van der Waals surface area contributed by atoms with Crippen LogP contribution in [0.4, 0.5) is 0 Å². The van der Waals surface area contributed by atoms with Gasteiger partial charge in [-0.25, -0.2) is 4.79 Å². The van der Waals surface area contributed by atoms with E-state index in [-0.39, 0.29) is 55.1 Å². The quantitative estimate of drug-likeness (QED) is 0.272. The van der Waals surface area contributed by atoms with Gasteiger partial charge in [-0.3, -0.25) is 19.7 Å². The van der Waals surface area contributed by atoms with Crippen molar-refractivity contribution in [2.24, 2.45) is 17.8 Å². The molecule has 1 fully saturated rings. The van der Waals surface area contributed by atoms with E-state index in [4.69, 9.17) is 9.47 Å². The number of aliphatic hydroxyl groups is 2. The number of hydrogen-bond donors (Lipinski definition) is 3. The van der Waals surface area contributed by atoms with Crippen LogP contribution in [-0.2, 0) is 28.7 Å². The molecule has 9 nitrogen and oxygen atoms in total. The highest BCUT2D eigenvalue weighted by atomic mass is 16.5. The highest BCUT2D eigenvalue weighted by molar-refractivity contribution is 5.97. The molecule has 0 aromatic heterocycles. The van der Waals surface area contributed by atoms with Gasteiger partial charge in [0.15, 0.2) is 0 Å². The molecular formula is C27H39NO8. The van der Waals surface area contributed by atoms with E-state index in [1.54, 1.807) is 32.1 Å². The summed E-state index contributed by atoms with van der Waals surface area (Å²) in [6.07, 6.45) is 6.66. The zero-order valence-corrected chi connectivity index (χ0v) is 21.5. The molecule has 200 valence electrons. The van der Waals surface area contributed by atoms with Crippen LogP contribution in [0.1, 0.15) is 59.3 Å². The normalized spacial score (nSPS) is 31.7. The van der Waals surface area contributed by atoms with Crippen molar-refractivity contribution in [2.45, 2.75) is 83.7 Å². The number of imide groups is 1. The predicted molar refractivity (Wildman–Crippen MR) is 132 cm³/mol. The van der Waals surface area contributed by atoms with E-state index in [1.165, 1.54) is 13.2 Å². The molecule has 0 unspecified atom stereocenters. The first kappa shape index (κ1) is 29.6. The molecule has 2 aliphatic rings. The summed E-state index contributed by atoms with van der Waals surface area (Å²) in [7, 11) is 1.52. The van der Waals surface area contributed by atoms with Gasteiger partial charge in [-0.2, -0.15) is 0 Å². The lowest BCUT2D eigenvalue weighted by molar-refractivity contribution is -0.145. The van der Waals surface area contributed by atoms with E-state index in [0.717, 1.165) is 0 Å². The van der Waals surface area contributed by atoms with Gasteiger partial charge in [0, 0.05) is 38.4 Å². The lowest BCUT2D eigenvalue weighted by atomic mass is 9.85. The van der Waals surface area contributed by atoms with Gasteiger partial charge < -0.3 is 19.7 Å². The largest absolute Gasteiger partial charge is 0.454 e. The summed E-state index contributed by atoms with van der Waals surface area (Å²) in [6, 6.07) is 0. The highest BCUT2D eigenvalue weighted by Crippen LogP contribution is 2.26. The zero-order valence-electron chi connectivity index (χ0n) is 21.5. The standard InChI is InChI=1S/C27H39NO8/c1-16-11-17(2)27(36-25(33)10-8-6-5-7-9-22(35-4)26(16)34)18(3)21(30)15-20(29)12-19-13-23(31)28-24(32)14-19/h7-11,16,18-20,22,26-27,29,34H,5-6,12-15H2,1-4H3,(H,28,31,32)/b9-7+,10-8+,17-11-/t16-,18-,20+,22-,26+,27+/m0/s1. The maximum Gasteiger partial charge on any atom is 0.331 e. The van der Waals surface area contributed by atoms with Crippen LogP contribution in [0, 0.1) is 17.8 Å². The second-order valence-corrected chi connectivity index (χ2v) is 9.82. The monoisotopic (exact) mass is 505 g/mol. The molecule has 36 heavy (non-hydrogen) atoms. The van der Waals surface area contributed by atoms with Gasteiger partial charge in [0.05, 0.1) is 18.1 Å². The topological polar surface area (TPSA) is 139 Å². The Morgan fingerprint density at radius 1 is 1.19 bits per heavy atom. The van der Waals surface area contributed by atoms with Crippen LogP contribution in [0.3, 0.4) is 0 Å². The fraction of sp³-hybridized carbons (Fsp3) is 0.630. The summed E-state index contributed by atoms with van der Waals surface area (Å²) in [5.41, 5.74) is 0.601. The Balaban J connectivity index is 2.17. The van der Waals surface area contributed by atoms with Crippen LogP contribution in [-0.4, -0.2) is 65.3 Å². The van der Waals surface area contributed by atoms with E-state index < -0.39 is 36.3 Å². The minimum atomic E-state index is -1.03. The number of ketones is 1. The minimum absolute atomic E-state index is 0.124. The second kappa shape index (κ2) is 14.2. The van der Waals surface area contributed by atoms with E-state index in [2.05, 4.69) is 5.32 Å². The molecule has 1 saturated heterocycles. The van der Waals surface area contributed by atoms with Gasteiger partial charge in [0.2, 0.25) is 11.8 Å². The minimum Gasteiger partial charge on any atom is -0.454 e. The van der Waals surface area contributed by atoms with E-state index >= 15 is 0 Å². The Kier molecular flexibility index (Phi) is 11.7. The van der Waals surface area contributed by atoms with Crippen LogP contribution in [0.5, 0.6) is 0 Å². The van der Waals surface area contributed by atoms with Crippen molar-refractivity contribution >= 4 is 23.6 Å². The van der Waals surface area contributed by atoms with Gasteiger partial charge in [-0.05, 0) is 37.7 Å². The number of hydrogen-bond acceptors (Lipinski definition) is 8. The summed E-state index contributed by atoms with van der Waals surface area (Å²) in [6.45, 7) is 5.19. The number of ether oxygens (including phenoxy) is 2. The number of piperidine rings is 1. The summed E-state index contributed by atoms with van der Waals surface area (Å²) in [5, 5.41) is 23.5. The summed E-state index contributed by atoms with van der Waals surface area (Å²) < 4.78 is 11.1. The number of nitrogens with one attached hydrogen (secondary N) is 1. The molecule has 3 N–H and O–H groups in total. The van der Waals surface area contributed by atoms with Crippen LogP contribution < -0.4 is 5.32 Å². The van der Waals surface area contributed by atoms with Crippen molar-refractivity contribution in [1.82, 2.24) is 5.32 Å². The predicted octanol–water partition coefficient (Wildman–Crippen LogP) is 2.16. The van der Waals surface area contributed by atoms with E-state index in [9.17, 15) is 29.4 Å². The third-order valence-corrected chi connectivity index (χ3v) is 6.68. The van der Waals surface area contributed by atoms with Crippen molar-refractivity contribution in [3.8, 4) is 0 Å². The fourth-order valence-corrected chi connectivity index (χ4v) is 4.67. The number of cyclic esters (lactones) is 1. The van der Waals surface area contributed by atoms with Crippen LogP contribution in [0.25, 0.3) is 0 Å². The van der Waals surface area contributed by atoms with Crippen molar-refractivity contribution in [3.63, 3.8) is 0 Å². The van der Waals surface area contributed by atoms with Crippen LogP contribution in [0.2, 0.25) is 0 Å². The highest BCUT2D eigenvalue weighted by Gasteiger charge is 2.33. The molecule has 2 aliphatic heterocycles. The first-order valence-electron chi connectivity index (χ1n) is 12.5. The molecule has 2 heterocycles. The Hall–Kier alpha value is -2.62. The number of Topliss-reactive ketones (excluding diaryl/α,β-unsaturated/α-hetero) is 1. The first-order valence-corrected chi connectivity index (χ1v) is 12.5. The van der Waals surface area contributed by atoms with Gasteiger partial charge in [-0.15, -0.1) is 0 Å². The molecule has 0 radical (unpaired) electrons. The molecule has 0 saturated carbocycles. The van der Waals surface area contributed by atoms with Crippen LogP contribution >= 0.6 is 0 Å². The van der Waals surface area contributed by atoms with E-state index in [0.29, 0.717) is 18.4 Å². The number of aliphatic hydroxyl groups excluding tert-OH is 2. The third kappa shape index (κ3) is 9.11. The Labute approximate surface area is 212 Å². The van der Waals surface area contributed by atoms with Crippen molar-refractivity contribution in [1.29, 1.82) is 0 Å². The molecule has 6 atom stereocenters. The second-order valence-electron chi connectivity index (χ2n) is 9.82. The SMILES string of the molecule is CO[C@H]1/C=C/CC/C=C/C(=O)O[C@@H]([C@@H](C)C(=O)C[C@H](O)CC2CC(=O)NC(=O)C2)/C(C)=C\[C@H](C)[C@H]1O. The van der Waals surface area contributed by atoms with Crippen molar-refractivity contribution < 1.29 is 38.9 Å². The number of amides is 2. The van der Waals surface area contributed by atoms with Crippen molar-refractivity contribution in [2.75, 3.05) is 7.11 Å². The Bertz CT molecular complexity index is 876. The first-order chi connectivity index (χ1) is 17.0. The molecule has 0 bridgehead atoms. The Morgan fingerprint density at radius 3 is 2.47 bits per heavy atom. The van der Waals surface area contributed by atoms with E-state index in [1.807, 2.05) is 13.0 Å². The maximum atomic E-state index is 13.1. The molecule has 0 spiro atoms. The lowest BCUT2D eigenvalue weighted by Gasteiger charge is -2.28. The van der Waals surface area contributed by atoms with Gasteiger partial charge >= 0.3 is 5.97 Å². The molecule has 9 heteroatoms. The number of rotatable bonds is 7. The number of esters is 1. The molecule has 2 rings (SSSR count). The summed E-state index contributed by atoms with van der Waals surface area (Å²) in [5.74, 6) is -3.10. The summed E-state index contributed by atoms with van der Waals surface area (Å²) >= 11 is 0. The van der Waals surface area contributed by atoms with Gasteiger partial charge in [-0.1, -0.05) is 38.2 Å². The molecule has 0 aromatic carbocycles. The molecular weight excluding hydrogens is 466 g/mol. The third-order valence-electron chi connectivity index (χ3n) is 6.68. The molecule has 0 aromatic rings. The number of methoxy groups -OCH3 is 1. The fourth-order valence-electron chi connectivity index (χ4n) is 4.67. The smallest absolute Gasteiger partial charge is 0.331 e. The molecule has 0 aliphatic carbocycles. The average molecular weight is 506 g/mol. The number of carbonyl (C=O) groups is 4. The van der Waals surface area contributed by atoms with Crippen LogP contribution in [0.15, 0.2) is 36.0 Å². The number of allylic oxidation sites excluding steroid dienone is 2. The average Bonchev–Trinajstić information content (AvgIpc) is 2.79. The lowest BCUT2D eigenvalue weighted by Crippen LogP contribution is -2.40.